The molecule has 0 unspecified atom stereocenters. The first-order chi connectivity index (χ1) is 14.8. The van der Waals surface area contributed by atoms with Crippen molar-refractivity contribution in [1.82, 2.24) is 0 Å². The van der Waals surface area contributed by atoms with Gasteiger partial charge in [-0.2, -0.15) is 13.2 Å². The quantitative estimate of drug-likeness (QED) is 0.487. The molecule has 0 spiro atoms. The van der Waals surface area contributed by atoms with Crippen LogP contribution in [0.5, 0.6) is 0 Å². The Balaban J connectivity index is 0.000000339. The molecule has 1 N–H and O–H groups in total. The van der Waals surface area contributed by atoms with Gasteiger partial charge in [0.2, 0.25) is 0 Å². The van der Waals surface area contributed by atoms with Gasteiger partial charge in [0.15, 0.2) is 18.4 Å². The molecule has 3 nitrogen and oxygen atoms in total. The van der Waals surface area contributed by atoms with E-state index in [9.17, 15) is 13.2 Å². The number of pyridine rings is 1. The Kier molecular flexibility index (Phi) is 7.45. The van der Waals surface area contributed by atoms with Crippen LogP contribution in [-0.4, -0.2) is 17.3 Å². The lowest BCUT2D eigenvalue weighted by atomic mass is 9.94. The first-order valence-corrected chi connectivity index (χ1v) is 10.3. The highest BCUT2D eigenvalue weighted by Crippen LogP contribution is 2.28. The smallest absolute Gasteiger partial charge is 0.475 e. The molecule has 2 aromatic carbocycles. The summed E-state index contributed by atoms with van der Waals surface area (Å²) in [5.41, 5.74) is 5.20. The zero-order valence-electron chi connectivity index (χ0n) is 17.1. The summed E-state index contributed by atoms with van der Waals surface area (Å²) in [6, 6.07) is 24.4. The Labute approximate surface area is 179 Å². The second-order valence-electron chi connectivity index (χ2n) is 7.59. The highest BCUT2D eigenvalue weighted by atomic mass is 19.4. The predicted molar refractivity (Wildman–Crippen MR) is 113 cm³/mol. The Morgan fingerprint density at radius 3 is 1.58 bits per heavy atom. The molecule has 0 radical (unpaired) electrons. The van der Waals surface area contributed by atoms with Gasteiger partial charge in [0.05, 0.1) is 0 Å². The minimum atomic E-state index is -5.08. The fraction of sp³-hybridized carbons (Fsp3) is 0.280. The van der Waals surface area contributed by atoms with Gasteiger partial charge in [-0.3, -0.25) is 0 Å². The van der Waals surface area contributed by atoms with Crippen molar-refractivity contribution >= 4 is 5.97 Å². The van der Waals surface area contributed by atoms with Gasteiger partial charge < -0.3 is 5.11 Å². The maximum absolute atomic E-state index is 10.6. The first-order valence-electron chi connectivity index (χ1n) is 10.3. The van der Waals surface area contributed by atoms with Crippen LogP contribution in [0.4, 0.5) is 13.2 Å². The molecule has 0 amide bonds. The SMILES string of the molecule is O=C(O)C(F)(F)F.c1ccc(-c2cc(-c3ccccc3)c[n+](C3CCCCC3)c2)cc1. The standard InChI is InChI=1S/C23H24N.C2HF3O2/c1-4-10-19(11-5-1)21-16-22(20-12-6-2-7-13-20)18-24(17-21)23-14-8-3-9-15-23;3-2(4,5)1(6)7/h1-2,4-7,10-13,16-18,23H,3,8-9,14-15H2;(H,6,7)/q+1;. The molecular weight excluding hydrogens is 403 g/mol. The largest absolute Gasteiger partial charge is 0.490 e. The second kappa shape index (κ2) is 10.2. The third-order valence-electron chi connectivity index (χ3n) is 5.34. The maximum atomic E-state index is 10.6. The lowest BCUT2D eigenvalue weighted by Gasteiger charge is -2.18. The van der Waals surface area contributed by atoms with E-state index in [4.69, 9.17) is 9.90 Å². The van der Waals surface area contributed by atoms with Gasteiger partial charge in [0.1, 0.15) is 0 Å². The molecule has 31 heavy (non-hydrogen) atoms. The van der Waals surface area contributed by atoms with E-state index in [1.807, 2.05) is 0 Å². The number of aromatic nitrogens is 1. The zero-order chi connectivity index (χ0) is 22.3. The normalized spacial score (nSPS) is 14.4. The summed E-state index contributed by atoms with van der Waals surface area (Å²) < 4.78 is 34.2. The molecule has 162 valence electrons. The fourth-order valence-corrected chi connectivity index (χ4v) is 3.77. The third-order valence-corrected chi connectivity index (χ3v) is 5.34. The highest BCUT2D eigenvalue weighted by molar-refractivity contribution is 5.73. The van der Waals surface area contributed by atoms with Crippen LogP contribution >= 0.6 is 0 Å². The molecule has 1 saturated carbocycles. The molecule has 1 aliphatic carbocycles. The van der Waals surface area contributed by atoms with Crippen molar-refractivity contribution < 1.29 is 27.6 Å². The van der Waals surface area contributed by atoms with Gasteiger partial charge in [-0.25, -0.2) is 9.36 Å². The number of nitrogens with zero attached hydrogens (tertiary/aromatic N) is 1. The molecule has 6 heteroatoms. The number of alkyl halides is 3. The Morgan fingerprint density at radius 2 is 1.19 bits per heavy atom. The number of aliphatic carboxylic acids is 1. The number of rotatable bonds is 3. The molecule has 1 heterocycles. The summed E-state index contributed by atoms with van der Waals surface area (Å²) in [5.74, 6) is -2.76. The number of hydrogen-bond acceptors (Lipinski definition) is 1. The molecule has 0 atom stereocenters. The molecule has 0 aliphatic heterocycles. The van der Waals surface area contributed by atoms with Crippen LogP contribution in [0.25, 0.3) is 22.3 Å². The van der Waals surface area contributed by atoms with Crippen LogP contribution in [0.1, 0.15) is 38.1 Å². The summed E-state index contributed by atoms with van der Waals surface area (Å²) in [6.45, 7) is 0. The van der Waals surface area contributed by atoms with E-state index in [-0.39, 0.29) is 0 Å². The van der Waals surface area contributed by atoms with E-state index in [2.05, 4.69) is 83.7 Å². The summed E-state index contributed by atoms with van der Waals surface area (Å²) in [5, 5.41) is 7.12. The molecule has 3 aromatic rings. The summed E-state index contributed by atoms with van der Waals surface area (Å²) in [6.07, 6.45) is 6.31. The van der Waals surface area contributed by atoms with Crippen molar-refractivity contribution in [3.05, 3.63) is 79.1 Å². The molecule has 0 saturated heterocycles. The number of carboxylic acid groups (broad SMARTS) is 1. The average molecular weight is 428 g/mol. The molecule has 1 aliphatic rings. The topological polar surface area (TPSA) is 41.2 Å². The van der Waals surface area contributed by atoms with Crippen molar-refractivity contribution in [2.75, 3.05) is 0 Å². The van der Waals surface area contributed by atoms with E-state index in [1.165, 1.54) is 54.4 Å². The first kappa shape index (κ1) is 22.5. The van der Waals surface area contributed by atoms with Gasteiger partial charge in [0.25, 0.3) is 0 Å². The summed E-state index contributed by atoms with van der Waals surface area (Å²) in [4.78, 5) is 8.90. The van der Waals surface area contributed by atoms with Crippen LogP contribution in [0.15, 0.2) is 79.1 Å². The van der Waals surface area contributed by atoms with E-state index >= 15 is 0 Å². The Bertz CT molecular complexity index is 925. The minimum Gasteiger partial charge on any atom is -0.475 e. The van der Waals surface area contributed by atoms with Crippen LogP contribution in [0.3, 0.4) is 0 Å². The molecule has 0 bridgehead atoms. The lowest BCUT2D eigenvalue weighted by molar-refractivity contribution is -0.724. The van der Waals surface area contributed by atoms with Crippen molar-refractivity contribution in [3.8, 4) is 22.3 Å². The van der Waals surface area contributed by atoms with Crippen LogP contribution in [-0.2, 0) is 4.79 Å². The molecule has 4 rings (SSSR count). The molecule has 1 fully saturated rings. The van der Waals surface area contributed by atoms with Crippen molar-refractivity contribution in [3.63, 3.8) is 0 Å². The van der Waals surface area contributed by atoms with Gasteiger partial charge >= 0.3 is 12.1 Å². The van der Waals surface area contributed by atoms with Crippen LogP contribution in [0.2, 0.25) is 0 Å². The Hall–Kier alpha value is -3.15. The number of halogens is 3. The van der Waals surface area contributed by atoms with E-state index in [0.29, 0.717) is 6.04 Å². The Morgan fingerprint density at radius 1 is 0.774 bits per heavy atom. The third kappa shape index (κ3) is 6.41. The minimum absolute atomic E-state index is 0.643. The maximum Gasteiger partial charge on any atom is 0.490 e. The molecule has 1 aromatic heterocycles. The monoisotopic (exact) mass is 428 g/mol. The van der Waals surface area contributed by atoms with E-state index < -0.39 is 12.1 Å². The van der Waals surface area contributed by atoms with Gasteiger partial charge in [-0.15, -0.1) is 0 Å². The number of benzene rings is 2. The average Bonchev–Trinajstić information content (AvgIpc) is 2.80. The zero-order valence-corrected chi connectivity index (χ0v) is 17.1. The molecular formula is C25H25F3NO2+. The van der Waals surface area contributed by atoms with Crippen LogP contribution in [0, 0.1) is 0 Å². The lowest BCUT2D eigenvalue weighted by Crippen LogP contribution is -2.40. The predicted octanol–water partition coefficient (Wildman–Crippen LogP) is 6.45. The number of hydrogen-bond donors (Lipinski definition) is 1. The van der Waals surface area contributed by atoms with Gasteiger partial charge in [-0.1, -0.05) is 67.1 Å². The number of carbonyl (C=O) groups is 1. The highest BCUT2D eigenvalue weighted by Gasteiger charge is 2.38. The fourth-order valence-electron chi connectivity index (χ4n) is 3.77. The second-order valence-corrected chi connectivity index (χ2v) is 7.59. The summed E-state index contributed by atoms with van der Waals surface area (Å²) >= 11 is 0. The van der Waals surface area contributed by atoms with Crippen LogP contribution < -0.4 is 4.57 Å². The van der Waals surface area contributed by atoms with E-state index in [1.54, 1.807) is 0 Å². The van der Waals surface area contributed by atoms with Crippen molar-refractivity contribution in [2.45, 2.75) is 44.3 Å². The van der Waals surface area contributed by atoms with E-state index in [0.717, 1.165) is 0 Å². The van der Waals surface area contributed by atoms with Gasteiger partial charge in [0, 0.05) is 24.0 Å². The van der Waals surface area contributed by atoms with Crippen molar-refractivity contribution in [2.24, 2.45) is 0 Å². The van der Waals surface area contributed by atoms with Gasteiger partial charge in [-0.05, 0) is 30.0 Å². The van der Waals surface area contributed by atoms with Crippen molar-refractivity contribution in [1.29, 1.82) is 0 Å². The summed E-state index contributed by atoms with van der Waals surface area (Å²) in [7, 11) is 0. The number of carboxylic acids is 1.